The Morgan fingerprint density at radius 1 is 1.06 bits per heavy atom. The molecule has 2 heterocycles. The number of aromatic nitrogens is 1. The number of allylic oxidation sites excluding steroid dienone is 1. The molecule has 160 valence electrons. The van der Waals surface area contributed by atoms with E-state index < -0.39 is 17.5 Å². The van der Waals surface area contributed by atoms with Crippen LogP contribution in [-0.4, -0.2) is 10.1 Å². The molecule has 0 aliphatic heterocycles. The van der Waals surface area contributed by atoms with Gasteiger partial charge in [0.25, 0.3) is 0 Å². The van der Waals surface area contributed by atoms with Crippen molar-refractivity contribution in [2.45, 2.75) is 6.18 Å². The highest BCUT2D eigenvalue weighted by Crippen LogP contribution is 2.35. The van der Waals surface area contributed by atoms with E-state index in [1.54, 1.807) is 5.38 Å². The summed E-state index contributed by atoms with van der Waals surface area (Å²) in [6, 6.07) is 16.9. The second-order valence-electron chi connectivity index (χ2n) is 6.62. The lowest BCUT2D eigenvalue weighted by Crippen LogP contribution is -2.04. The number of rotatable bonds is 4. The summed E-state index contributed by atoms with van der Waals surface area (Å²) in [6.07, 6.45) is -4.49. The van der Waals surface area contributed by atoms with E-state index in [-0.39, 0.29) is 22.7 Å². The van der Waals surface area contributed by atoms with Crippen LogP contribution in [0.15, 0.2) is 74.9 Å². The summed E-state index contributed by atoms with van der Waals surface area (Å²) in [5, 5.41) is 22.3. The molecule has 4 rings (SSSR count). The molecule has 0 saturated carbocycles. The molecule has 9 heteroatoms. The molecule has 0 unspecified atom stereocenters. The molecule has 0 atom stereocenters. The highest BCUT2D eigenvalue weighted by atomic mass is 79.9. The predicted molar refractivity (Wildman–Crippen MR) is 119 cm³/mol. The molecule has 0 saturated heterocycles. The number of halogens is 4. The van der Waals surface area contributed by atoms with Crippen LogP contribution in [0.5, 0.6) is 0 Å². The standard InChI is InChI=1S/C23H12BrF3N2O2S/c24-16-6-4-13(5-7-16)18-12-32-22(29-18)17(11-28)21(30)20-9-8-19(31-20)14-2-1-3-15(10-14)23(25,26)27/h1-10,12,30H/b21-17-. The summed E-state index contributed by atoms with van der Waals surface area (Å²) < 4.78 is 45.4. The van der Waals surface area contributed by atoms with Crippen LogP contribution in [0.4, 0.5) is 13.2 Å². The molecular weight excluding hydrogens is 505 g/mol. The van der Waals surface area contributed by atoms with Crippen molar-refractivity contribution in [3.63, 3.8) is 0 Å². The maximum Gasteiger partial charge on any atom is 0.416 e. The molecule has 0 spiro atoms. The van der Waals surface area contributed by atoms with E-state index in [1.165, 1.54) is 35.6 Å². The molecular formula is C23H12BrF3N2O2S. The number of hydrogen-bond donors (Lipinski definition) is 1. The third-order valence-corrected chi connectivity index (χ3v) is 5.91. The Hall–Kier alpha value is -3.35. The molecule has 0 aliphatic rings. The van der Waals surface area contributed by atoms with Crippen LogP contribution in [0.3, 0.4) is 0 Å². The summed E-state index contributed by atoms with van der Waals surface area (Å²) in [4.78, 5) is 4.43. The summed E-state index contributed by atoms with van der Waals surface area (Å²) >= 11 is 4.55. The van der Waals surface area contributed by atoms with Gasteiger partial charge in [0.05, 0.1) is 11.3 Å². The Labute approximate surface area is 193 Å². The molecule has 32 heavy (non-hydrogen) atoms. The van der Waals surface area contributed by atoms with Gasteiger partial charge in [-0.25, -0.2) is 4.98 Å². The molecule has 0 radical (unpaired) electrons. The smallest absolute Gasteiger partial charge is 0.416 e. The van der Waals surface area contributed by atoms with Crippen LogP contribution in [0.2, 0.25) is 0 Å². The molecule has 4 aromatic rings. The van der Waals surface area contributed by atoms with Crippen LogP contribution >= 0.6 is 27.3 Å². The number of hydrogen-bond acceptors (Lipinski definition) is 5. The number of aliphatic hydroxyl groups excluding tert-OH is 1. The van der Waals surface area contributed by atoms with Crippen molar-refractivity contribution in [3.05, 3.63) is 86.8 Å². The van der Waals surface area contributed by atoms with Crippen molar-refractivity contribution in [1.29, 1.82) is 5.26 Å². The molecule has 0 amide bonds. The van der Waals surface area contributed by atoms with Crippen LogP contribution in [0.1, 0.15) is 16.3 Å². The van der Waals surface area contributed by atoms with E-state index in [9.17, 15) is 23.5 Å². The second-order valence-corrected chi connectivity index (χ2v) is 8.40. The summed E-state index contributed by atoms with van der Waals surface area (Å²) in [6.45, 7) is 0. The van der Waals surface area contributed by atoms with Gasteiger partial charge in [0.2, 0.25) is 0 Å². The van der Waals surface area contributed by atoms with Crippen molar-refractivity contribution < 1.29 is 22.7 Å². The van der Waals surface area contributed by atoms with E-state index in [0.717, 1.165) is 22.2 Å². The van der Waals surface area contributed by atoms with Gasteiger partial charge < -0.3 is 9.52 Å². The zero-order valence-electron chi connectivity index (χ0n) is 16.0. The highest BCUT2D eigenvalue weighted by Gasteiger charge is 2.30. The molecule has 2 aromatic carbocycles. The number of alkyl halides is 3. The van der Waals surface area contributed by atoms with Gasteiger partial charge in [-0.15, -0.1) is 11.3 Å². The van der Waals surface area contributed by atoms with Crippen LogP contribution in [-0.2, 0) is 6.18 Å². The fourth-order valence-electron chi connectivity index (χ4n) is 2.94. The van der Waals surface area contributed by atoms with Gasteiger partial charge in [-0.1, -0.05) is 40.2 Å². The van der Waals surface area contributed by atoms with Gasteiger partial charge in [-0.2, -0.15) is 18.4 Å². The fourth-order valence-corrected chi connectivity index (χ4v) is 4.02. The minimum Gasteiger partial charge on any atom is -0.503 e. The van der Waals surface area contributed by atoms with E-state index in [2.05, 4.69) is 20.9 Å². The Balaban J connectivity index is 1.67. The highest BCUT2D eigenvalue weighted by molar-refractivity contribution is 9.10. The number of nitrogens with zero attached hydrogens (tertiary/aromatic N) is 2. The van der Waals surface area contributed by atoms with E-state index >= 15 is 0 Å². The third-order valence-electron chi connectivity index (χ3n) is 4.52. The average molecular weight is 517 g/mol. The van der Waals surface area contributed by atoms with E-state index in [1.807, 2.05) is 30.3 Å². The Morgan fingerprint density at radius 3 is 2.50 bits per heavy atom. The van der Waals surface area contributed by atoms with E-state index in [0.29, 0.717) is 10.7 Å². The monoisotopic (exact) mass is 516 g/mol. The van der Waals surface area contributed by atoms with Crippen molar-refractivity contribution in [2.75, 3.05) is 0 Å². The number of furan rings is 1. The first-order chi connectivity index (χ1) is 15.3. The van der Waals surface area contributed by atoms with Gasteiger partial charge in [0, 0.05) is 21.0 Å². The maximum atomic E-state index is 13.0. The number of thiazole rings is 1. The first kappa shape index (κ1) is 21.9. The SMILES string of the molecule is N#C/C(=C(/O)c1ccc(-c2cccc(C(F)(F)F)c2)o1)c1nc(-c2ccc(Br)cc2)cs1. The maximum absolute atomic E-state index is 13.0. The lowest BCUT2D eigenvalue weighted by Gasteiger charge is -2.07. The van der Waals surface area contributed by atoms with Gasteiger partial charge in [-0.3, -0.25) is 0 Å². The minimum absolute atomic E-state index is 0.0469. The first-order valence-electron chi connectivity index (χ1n) is 9.09. The third kappa shape index (κ3) is 4.47. The Bertz CT molecular complexity index is 1350. The molecule has 0 aliphatic carbocycles. The number of benzene rings is 2. The number of aliphatic hydroxyl groups is 1. The summed E-state index contributed by atoms with van der Waals surface area (Å²) in [5.74, 6) is -0.360. The lowest BCUT2D eigenvalue weighted by atomic mass is 10.1. The Morgan fingerprint density at radius 2 is 1.81 bits per heavy atom. The van der Waals surface area contributed by atoms with Crippen molar-refractivity contribution in [1.82, 2.24) is 4.98 Å². The van der Waals surface area contributed by atoms with Gasteiger partial charge in [-0.05, 0) is 36.4 Å². The molecule has 0 fully saturated rings. The van der Waals surface area contributed by atoms with Crippen molar-refractivity contribution >= 4 is 38.6 Å². The zero-order valence-corrected chi connectivity index (χ0v) is 18.4. The van der Waals surface area contributed by atoms with Gasteiger partial charge in [0.1, 0.15) is 22.4 Å². The molecule has 0 bridgehead atoms. The molecule has 2 aromatic heterocycles. The van der Waals surface area contributed by atoms with Crippen LogP contribution in [0.25, 0.3) is 33.9 Å². The van der Waals surface area contributed by atoms with Gasteiger partial charge in [0.15, 0.2) is 11.5 Å². The zero-order chi connectivity index (χ0) is 22.9. The number of nitriles is 1. The normalized spacial score (nSPS) is 12.3. The molecule has 4 nitrogen and oxygen atoms in total. The van der Waals surface area contributed by atoms with Crippen molar-refractivity contribution in [3.8, 4) is 28.7 Å². The quantitative estimate of drug-likeness (QED) is 0.222. The van der Waals surface area contributed by atoms with Crippen LogP contribution in [0, 0.1) is 11.3 Å². The van der Waals surface area contributed by atoms with Crippen molar-refractivity contribution in [2.24, 2.45) is 0 Å². The summed E-state index contributed by atoms with van der Waals surface area (Å²) in [7, 11) is 0. The average Bonchev–Trinajstić information content (AvgIpc) is 3.45. The molecule has 1 N–H and O–H groups in total. The Kier molecular flexibility index (Phi) is 5.91. The predicted octanol–water partition coefficient (Wildman–Crippen LogP) is 7.80. The topological polar surface area (TPSA) is 70.0 Å². The van der Waals surface area contributed by atoms with E-state index in [4.69, 9.17) is 4.42 Å². The second kappa shape index (κ2) is 8.65. The lowest BCUT2D eigenvalue weighted by molar-refractivity contribution is -0.137. The van der Waals surface area contributed by atoms with Gasteiger partial charge >= 0.3 is 6.18 Å². The fraction of sp³-hybridized carbons (Fsp3) is 0.0435. The summed E-state index contributed by atoms with van der Waals surface area (Å²) in [5.41, 5.74) is 0.778. The first-order valence-corrected chi connectivity index (χ1v) is 10.8. The largest absolute Gasteiger partial charge is 0.503 e. The minimum atomic E-state index is -4.49. The van der Waals surface area contributed by atoms with Crippen LogP contribution < -0.4 is 0 Å².